The zero-order chi connectivity index (χ0) is 14.5. The number of methoxy groups -OCH3 is 1. The number of non-ortho nitro benzene ring substituents is 1. The molecule has 2 rings (SSSR count). The van der Waals surface area contributed by atoms with E-state index < -0.39 is 4.92 Å². The zero-order valence-electron chi connectivity index (χ0n) is 10.3. The highest BCUT2D eigenvalue weighted by Crippen LogP contribution is 2.34. The first-order chi connectivity index (χ1) is 9.65. The largest absolute Gasteiger partial charge is 0.493 e. The van der Waals surface area contributed by atoms with Crippen LogP contribution < -0.4 is 9.47 Å². The van der Waals surface area contributed by atoms with Gasteiger partial charge in [0.1, 0.15) is 11.6 Å². The van der Waals surface area contributed by atoms with E-state index in [0.29, 0.717) is 0 Å². The third kappa shape index (κ3) is 2.62. The Morgan fingerprint density at radius 1 is 1.35 bits per heavy atom. The lowest BCUT2D eigenvalue weighted by atomic mass is 10.2. The first-order valence-corrected chi connectivity index (χ1v) is 5.37. The number of ether oxygens (including phenoxy) is 2. The smallest absolute Gasteiger partial charge is 0.273 e. The van der Waals surface area contributed by atoms with E-state index in [4.69, 9.17) is 14.7 Å². The molecule has 2 aromatic rings. The zero-order valence-corrected chi connectivity index (χ0v) is 10.3. The van der Waals surface area contributed by atoms with Crippen molar-refractivity contribution in [3.8, 4) is 23.4 Å². The Morgan fingerprint density at radius 2 is 2.15 bits per heavy atom. The molecule has 1 aromatic carbocycles. The molecule has 0 unspecified atom stereocenters. The molecule has 0 aliphatic rings. The predicted molar refractivity (Wildman–Crippen MR) is 66.5 cm³/mol. The van der Waals surface area contributed by atoms with Crippen LogP contribution in [0.5, 0.6) is 17.4 Å². The fraction of sp³-hybridized carbons (Fsp3) is 0.0833. The number of nitriles is 1. The summed E-state index contributed by atoms with van der Waals surface area (Å²) in [5.41, 5.74) is -0.00300. The molecule has 1 heterocycles. The van der Waals surface area contributed by atoms with E-state index in [9.17, 15) is 10.1 Å². The normalized spacial score (nSPS) is 9.60. The van der Waals surface area contributed by atoms with Crippen molar-refractivity contribution in [2.75, 3.05) is 7.11 Å². The first kappa shape index (κ1) is 13.2. The fourth-order valence-electron chi connectivity index (χ4n) is 1.44. The second kappa shape index (κ2) is 5.62. The maximum Gasteiger partial charge on any atom is 0.273 e. The lowest BCUT2D eigenvalue weighted by Gasteiger charge is -2.09. The van der Waals surface area contributed by atoms with Crippen molar-refractivity contribution in [2.45, 2.75) is 0 Å². The van der Waals surface area contributed by atoms with Crippen molar-refractivity contribution in [1.82, 2.24) is 10.2 Å². The van der Waals surface area contributed by atoms with Gasteiger partial charge in [0.25, 0.3) is 11.6 Å². The van der Waals surface area contributed by atoms with Gasteiger partial charge < -0.3 is 9.47 Å². The highest BCUT2D eigenvalue weighted by atomic mass is 16.6. The summed E-state index contributed by atoms with van der Waals surface area (Å²) in [6.45, 7) is 0. The average molecular weight is 272 g/mol. The number of hydrogen-bond donors (Lipinski definition) is 0. The van der Waals surface area contributed by atoms with Crippen molar-refractivity contribution in [2.24, 2.45) is 0 Å². The van der Waals surface area contributed by atoms with Gasteiger partial charge in [0.05, 0.1) is 24.3 Å². The number of aromatic nitrogens is 2. The van der Waals surface area contributed by atoms with Crippen LogP contribution in [0.1, 0.15) is 5.56 Å². The molecule has 20 heavy (non-hydrogen) atoms. The molecule has 8 heteroatoms. The molecule has 0 aliphatic heterocycles. The van der Waals surface area contributed by atoms with Crippen LogP contribution in [0.4, 0.5) is 5.69 Å². The second-order valence-corrected chi connectivity index (χ2v) is 3.56. The van der Waals surface area contributed by atoms with Crippen LogP contribution in [0.3, 0.4) is 0 Å². The van der Waals surface area contributed by atoms with Crippen molar-refractivity contribution in [3.05, 3.63) is 46.1 Å². The molecule has 8 nitrogen and oxygen atoms in total. The minimum atomic E-state index is -0.561. The molecule has 1 aromatic heterocycles. The van der Waals surface area contributed by atoms with Gasteiger partial charge in [0.2, 0.25) is 0 Å². The molecule has 0 radical (unpaired) electrons. The molecule has 0 saturated heterocycles. The third-order valence-corrected chi connectivity index (χ3v) is 2.37. The summed E-state index contributed by atoms with van der Waals surface area (Å²) >= 11 is 0. The standard InChI is InChI=1S/C12H8N4O4/c1-19-10-3-2-9(16(17)18)6-11(10)20-12-8(7-13)4-5-14-15-12/h2-6H,1H3. The van der Waals surface area contributed by atoms with E-state index in [1.165, 1.54) is 37.6 Å². The summed E-state index contributed by atoms with van der Waals surface area (Å²) in [6.07, 6.45) is 1.34. The van der Waals surface area contributed by atoms with E-state index in [-0.39, 0.29) is 28.6 Å². The quantitative estimate of drug-likeness (QED) is 0.618. The van der Waals surface area contributed by atoms with Crippen LogP contribution in [0.15, 0.2) is 30.5 Å². The van der Waals surface area contributed by atoms with Gasteiger partial charge in [0, 0.05) is 6.07 Å². The van der Waals surface area contributed by atoms with Gasteiger partial charge in [0.15, 0.2) is 11.5 Å². The number of nitro benzene ring substituents is 1. The van der Waals surface area contributed by atoms with Gasteiger partial charge in [-0.25, -0.2) is 0 Å². The number of nitro groups is 1. The molecule has 0 aliphatic carbocycles. The minimum Gasteiger partial charge on any atom is -0.493 e. The van der Waals surface area contributed by atoms with Crippen molar-refractivity contribution in [3.63, 3.8) is 0 Å². The lowest BCUT2D eigenvalue weighted by Crippen LogP contribution is -1.97. The van der Waals surface area contributed by atoms with E-state index in [1.54, 1.807) is 0 Å². The Balaban J connectivity index is 2.44. The van der Waals surface area contributed by atoms with Crippen LogP contribution >= 0.6 is 0 Å². The van der Waals surface area contributed by atoms with Crippen molar-refractivity contribution >= 4 is 5.69 Å². The Bertz CT molecular complexity index is 696. The van der Waals surface area contributed by atoms with Gasteiger partial charge in [-0.2, -0.15) is 10.4 Å². The van der Waals surface area contributed by atoms with Crippen LogP contribution in [0.2, 0.25) is 0 Å². The molecule has 0 amide bonds. The van der Waals surface area contributed by atoms with Crippen LogP contribution in [-0.2, 0) is 0 Å². The van der Waals surface area contributed by atoms with E-state index in [0.717, 1.165) is 0 Å². The predicted octanol–water partition coefficient (Wildman–Crippen LogP) is 2.06. The molecule has 0 fully saturated rings. The number of hydrogen-bond acceptors (Lipinski definition) is 7. The van der Waals surface area contributed by atoms with E-state index in [2.05, 4.69) is 10.2 Å². The first-order valence-electron chi connectivity index (χ1n) is 5.37. The monoisotopic (exact) mass is 272 g/mol. The Morgan fingerprint density at radius 3 is 2.80 bits per heavy atom. The van der Waals surface area contributed by atoms with Gasteiger partial charge >= 0.3 is 0 Å². The van der Waals surface area contributed by atoms with E-state index in [1.807, 2.05) is 6.07 Å². The maximum atomic E-state index is 10.8. The van der Waals surface area contributed by atoms with Gasteiger partial charge in [-0.3, -0.25) is 10.1 Å². The SMILES string of the molecule is COc1ccc([N+](=O)[O-])cc1Oc1nnccc1C#N. The molecule has 0 N–H and O–H groups in total. The Hall–Kier alpha value is -3.21. The van der Waals surface area contributed by atoms with Crippen molar-refractivity contribution < 1.29 is 14.4 Å². The summed E-state index contributed by atoms with van der Waals surface area (Å²) in [5.74, 6) is 0.317. The lowest BCUT2D eigenvalue weighted by molar-refractivity contribution is -0.384. The Labute approximate surface area is 113 Å². The summed E-state index contributed by atoms with van der Waals surface area (Å²) in [4.78, 5) is 10.2. The van der Waals surface area contributed by atoms with E-state index >= 15 is 0 Å². The summed E-state index contributed by atoms with van der Waals surface area (Å²) < 4.78 is 10.4. The molecular formula is C12H8N4O4. The summed E-state index contributed by atoms with van der Waals surface area (Å²) in [5, 5.41) is 27.0. The number of nitrogens with zero attached hydrogens (tertiary/aromatic N) is 4. The molecule has 100 valence electrons. The van der Waals surface area contributed by atoms with Crippen molar-refractivity contribution in [1.29, 1.82) is 5.26 Å². The highest BCUT2D eigenvalue weighted by Gasteiger charge is 2.15. The second-order valence-electron chi connectivity index (χ2n) is 3.56. The minimum absolute atomic E-state index is 0.0474. The number of rotatable bonds is 4. The number of benzene rings is 1. The van der Waals surface area contributed by atoms with Gasteiger partial charge in [-0.1, -0.05) is 0 Å². The molecule has 0 bridgehead atoms. The molecule has 0 atom stereocenters. The summed E-state index contributed by atoms with van der Waals surface area (Å²) in [6, 6.07) is 7.18. The average Bonchev–Trinajstić information content (AvgIpc) is 2.47. The van der Waals surface area contributed by atoms with Crippen LogP contribution in [-0.4, -0.2) is 22.2 Å². The third-order valence-electron chi connectivity index (χ3n) is 2.37. The molecule has 0 saturated carbocycles. The van der Waals surface area contributed by atoms with Gasteiger partial charge in [-0.15, -0.1) is 5.10 Å². The van der Waals surface area contributed by atoms with Crippen LogP contribution in [0.25, 0.3) is 0 Å². The van der Waals surface area contributed by atoms with Gasteiger partial charge in [-0.05, 0) is 12.1 Å². The Kier molecular flexibility index (Phi) is 3.72. The molecular weight excluding hydrogens is 264 g/mol. The highest BCUT2D eigenvalue weighted by molar-refractivity contribution is 5.51. The maximum absolute atomic E-state index is 10.8. The molecule has 0 spiro atoms. The van der Waals surface area contributed by atoms with Crippen LogP contribution in [0, 0.1) is 21.4 Å². The topological polar surface area (TPSA) is 111 Å². The summed E-state index contributed by atoms with van der Waals surface area (Å²) in [7, 11) is 1.40. The fourth-order valence-corrected chi connectivity index (χ4v) is 1.44.